The zero-order chi connectivity index (χ0) is 10.5. The lowest BCUT2D eigenvalue weighted by Crippen LogP contribution is -1.98. The van der Waals surface area contributed by atoms with Gasteiger partial charge in [-0.3, -0.25) is 0 Å². The molecule has 15 heavy (non-hydrogen) atoms. The third-order valence-electron chi connectivity index (χ3n) is 2.15. The fourth-order valence-electron chi connectivity index (χ4n) is 1.33. The average Bonchev–Trinajstić information content (AvgIpc) is 2.30. The number of nitrogens with two attached hydrogens (primary N) is 1. The third kappa shape index (κ3) is 2.74. The van der Waals surface area contributed by atoms with Crippen LogP contribution in [0.15, 0.2) is 36.7 Å². The van der Waals surface area contributed by atoms with Crippen LogP contribution in [0.1, 0.15) is 11.4 Å². The van der Waals surface area contributed by atoms with E-state index in [2.05, 4.69) is 15.2 Å². The molecule has 0 bridgehead atoms. The minimum Gasteiger partial charge on any atom is -0.399 e. The number of aryl methyl sites for hydroxylation is 2. The molecule has 0 saturated heterocycles. The van der Waals surface area contributed by atoms with Crippen LogP contribution in [-0.4, -0.2) is 15.2 Å². The number of aromatic nitrogens is 3. The Hall–Kier alpha value is -1.97. The van der Waals surface area contributed by atoms with Gasteiger partial charge in [-0.1, -0.05) is 12.1 Å². The summed E-state index contributed by atoms with van der Waals surface area (Å²) in [5.74, 6) is 0.773. The van der Waals surface area contributed by atoms with Gasteiger partial charge in [0.05, 0.1) is 6.20 Å². The van der Waals surface area contributed by atoms with Gasteiger partial charge in [-0.15, -0.1) is 5.10 Å². The van der Waals surface area contributed by atoms with Gasteiger partial charge in [0.2, 0.25) is 0 Å². The van der Waals surface area contributed by atoms with E-state index in [1.54, 1.807) is 12.4 Å². The maximum atomic E-state index is 5.60. The van der Waals surface area contributed by atoms with Crippen molar-refractivity contribution >= 4 is 5.69 Å². The summed E-state index contributed by atoms with van der Waals surface area (Å²) in [4.78, 5) is 4.11. The van der Waals surface area contributed by atoms with Crippen LogP contribution in [-0.2, 0) is 12.8 Å². The Labute approximate surface area is 88.2 Å². The van der Waals surface area contributed by atoms with E-state index >= 15 is 0 Å². The Bertz CT molecular complexity index is 410. The van der Waals surface area contributed by atoms with Crippen molar-refractivity contribution in [2.24, 2.45) is 0 Å². The Morgan fingerprint density at radius 3 is 2.47 bits per heavy atom. The van der Waals surface area contributed by atoms with Crippen molar-refractivity contribution in [2.75, 3.05) is 5.73 Å². The molecule has 1 heterocycles. The van der Waals surface area contributed by atoms with E-state index in [1.807, 2.05) is 24.3 Å². The van der Waals surface area contributed by atoms with Crippen LogP contribution in [0.5, 0.6) is 0 Å². The van der Waals surface area contributed by atoms with Crippen molar-refractivity contribution in [3.05, 3.63) is 48.0 Å². The Morgan fingerprint density at radius 2 is 1.80 bits per heavy atom. The Balaban J connectivity index is 1.96. The van der Waals surface area contributed by atoms with Crippen LogP contribution in [0.3, 0.4) is 0 Å². The second kappa shape index (κ2) is 4.50. The zero-order valence-electron chi connectivity index (χ0n) is 8.30. The summed E-state index contributed by atoms with van der Waals surface area (Å²) in [5.41, 5.74) is 7.62. The van der Waals surface area contributed by atoms with Crippen LogP contribution in [0.25, 0.3) is 0 Å². The standard InChI is InChI=1S/C11H12N4/c12-10-4-1-9(2-5-10)3-6-11-13-7-8-14-15-11/h1-2,4-5,7-8H,3,6,12H2. The van der Waals surface area contributed by atoms with Crippen molar-refractivity contribution in [1.82, 2.24) is 15.2 Å². The summed E-state index contributed by atoms with van der Waals surface area (Å²) >= 11 is 0. The number of rotatable bonds is 3. The van der Waals surface area contributed by atoms with Gasteiger partial charge in [0.1, 0.15) is 0 Å². The molecule has 4 heteroatoms. The van der Waals surface area contributed by atoms with Crippen LogP contribution in [0.4, 0.5) is 5.69 Å². The lowest BCUT2D eigenvalue weighted by molar-refractivity contribution is 0.802. The molecule has 0 aliphatic rings. The number of nitrogen functional groups attached to an aromatic ring is 1. The molecule has 0 amide bonds. The molecule has 76 valence electrons. The summed E-state index contributed by atoms with van der Waals surface area (Å²) in [6, 6.07) is 7.84. The third-order valence-corrected chi connectivity index (χ3v) is 2.15. The van der Waals surface area contributed by atoms with Crippen molar-refractivity contribution in [1.29, 1.82) is 0 Å². The van der Waals surface area contributed by atoms with Crippen molar-refractivity contribution < 1.29 is 0 Å². The predicted octanol–water partition coefficient (Wildman–Crippen LogP) is 1.24. The number of hydrogen-bond acceptors (Lipinski definition) is 4. The van der Waals surface area contributed by atoms with Crippen LogP contribution in [0.2, 0.25) is 0 Å². The van der Waals surface area contributed by atoms with Gasteiger partial charge < -0.3 is 5.73 Å². The van der Waals surface area contributed by atoms with Gasteiger partial charge >= 0.3 is 0 Å². The Morgan fingerprint density at radius 1 is 1.00 bits per heavy atom. The molecule has 2 rings (SSSR count). The summed E-state index contributed by atoms with van der Waals surface area (Å²) in [7, 11) is 0. The Kier molecular flexibility index (Phi) is 2.88. The first kappa shape index (κ1) is 9.58. The lowest BCUT2D eigenvalue weighted by atomic mass is 10.1. The summed E-state index contributed by atoms with van der Waals surface area (Å²) in [6.07, 6.45) is 4.95. The van der Waals surface area contributed by atoms with Gasteiger partial charge in [-0.05, 0) is 24.1 Å². The highest BCUT2D eigenvalue weighted by Crippen LogP contribution is 2.07. The van der Waals surface area contributed by atoms with Crippen LogP contribution >= 0.6 is 0 Å². The number of hydrogen-bond donors (Lipinski definition) is 1. The van der Waals surface area contributed by atoms with E-state index in [1.165, 1.54) is 5.56 Å². The van der Waals surface area contributed by atoms with E-state index in [9.17, 15) is 0 Å². The van der Waals surface area contributed by atoms with E-state index in [0.29, 0.717) is 0 Å². The van der Waals surface area contributed by atoms with Gasteiger partial charge in [0.25, 0.3) is 0 Å². The smallest absolute Gasteiger partial charge is 0.151 e. The van der Waals surface area contributed by atoms with E-state index < -0.39 is 0 Å². The lowest BCUT2D eigenvalue weighted by Gasteiger charge is -2.00. The first-order valence-corrected chi connectivity index (χ1v) is 4.81. The minimum atomic E-state index is 0.773. The van der Waals surface area contributed by atoms with E-state index in [0.717, 1.165) is 24.4 Å². The van der Waals surface area contributed by atoms with Crippen LogP contribution < -0.4 is 5.73 Å². The molecule has 0 atom stereocenters. The maximum absolute atomic E-state index is 5.60. The van der Waals surface area contributed by atoms with Gasteiger partial charge in [0.15, 0.2) is 5.82 Å². The first-order chi connectivity index (χ1) is 7.34. The zero-order valence-corrected chi connectivity index (χ0v) is 8.30. The molecule has 1 aromatic carbocycles. The molecular weight excluding hydrogens is 188 g/mol. The molecule has 4 nitrogen and oxygen atoms in total. The molecule has 0 aliphatic heterocycles. The largest absolute Gasteiger partial charge is 0.399 e. The SMILES string of the molecule is Nc1ccc(CCc2nccnn2)cc1. The highest BCUT2D eigenvalue weighted by Gasteiger charge is 1.97. The average molecular weight is 200 g/mol. The van der Waals surface area contributed by atoms with Gasteiger partial charge in [-0.2, -0.15) is 5.10 Å². The normalized spacial score (nSPS) is 10.1. The molecule has 0 saturated carbocycles. The monoisotopic (exact) mass is 200 g/mol. The summed E-state index contributed by atoms with van der Waals surface area (Å²) in [5, 5.41) is 7.70. The van der Waals surface area contributed by atoms with Gasteiger partial charge in [0, 0.05) is 18.3 Å². The summed E-state index contributed by atoms with van der Waals surface area (Å²) < 4.78 is 0. The van der Waals surface area contributed by atoms with Crippen molar-refractivity contribution in [3.63, 3.8) is 0 Å². The first-order valence-electron chi connectivity index (χ1n) is 4.81. The fourth-order valence-corrected chi connectivity index (χ4v) is 1.33. The highest BCUT2D eigenvalue weighted by molar-refractivity contribution is 5.39. The molecule has 2 N–H and O–H groups in total. The highest BCUT2D eigenvalue weighted by atomic mass is 15.1. The molecule has 2 aromatic rings. The second-order valence-corrected chi connectivity index (χ2v) is 3.30. The molecule has 0 fully saturated rings. The van der Waals surface area contributed by atoms with Crippen LogP contribution in [0, 0.1) is 0 Å². The molecule has 1 aromatic heterocycles. The predicted molar refractivity (Wildman–Crippen MR) is 58.1 cm³/mol. The number of anilines is 1. The summed E-state index contributed by atoms with van der Waals surface area (Å²) in [6.45, 7) is 0. The minimum absolute atomic E-state index is 0.773. The molecule has 0 spiro atoms. The van der Waals surface area contributed by atoms with E-state index in [4.69, 9.17) is 5.73 Å². The maximum Gasteiger partial charge on any atom is 0.151 e. The topological polar surface area (TPSA) is 64.7 Å². The molecular formula is C11H12N4. The van der Waals surface area contributed by atoms with Crippen molar-refractivity contribution in [2.45, 2.75) is 12.8 Å². The number of benzene rings is 1. The van der Waals surface area contributed by atoms with Crippen molar-refractivity contribution in [3.8, 4) is 0 Å². The van der Waals surface area contributed by atoms with E-state index in [-0.39, 0.29) is 0 Å². The number of nitrogens with zero attached hydrogens (tertiary/aromatic N) is 3. The molecule has 0 radical (unpaired) electrons. The molecule has 0 aliphatic carbocycles. The second-order valence-electron chi connectivity index (χ2n) is 3.30. The quantitative estimate of drug-likeness (QED) is 0.757. The van der Waals surface area contributed by atoms with Gasteiger partial charge in [-0.25, -0.2) is 4.98 Å². The fraction of sp³-hybridized carbons (Fsp3) is 0.182. The molecule has 0 unspecified atom stereocenters.